The van der Waals surface area contributed by atoms with E-state index in [0.29, 0.717) is 18.7 Å². The lowest BCUT2D eigenvalue weighted by atomic mass is 10.1. The molecule has 0 aliphatic carbocycles. The fourth-order valence-corrected chi connectivity index (χ4v) is 2.53. The van der Waals surface area contributed by atoms with Crippen molar-refractivity contribution in [1.29, 1.82) is 0 Å². The Balaban J connectivity index is 1.73. The minimum Gasteiger partial charge on any atom is -0.351 e. The molecule has 7 nitrogen and oxygen atoms in total. The van der Waals surface area contributed by atoms with Crippen molar-refractivity contribution in [3.63, 3.8) is 0 Å². The molecule has 132 valence electrons. The van der Waals surface area contributed by atoms with Crippen molar-refractivity contribution in [2.45, 2.75) is 13.0 Å². The quantitative estimate of drug-likeness (QED) is 0.692. The molecular weight excluding hydrogens is 332 g/mol. The van der Waals surface area contributed by atoms with Gasteiger partial charge in [0.25, 0.3) is 11.5 Å². The monoisotopic (exact) mass is 350 g/mol. The largest absolute Gasteiger partial charge is 0.351 e. The topological polar surface area (TPSA) is 96.8 Å². The van der Waals surface area contributed by atoms with Gasteiger partial charge in [0.05, 0.1) is 12.2 Å². The molecule has 7 heteroatoms. The Morgan fingerprint density at radius 3 is 2.58 bits per heavy atom. The lowest BCUT2D eigenvalue weighted by Gasteiger charge is -2.08. The number of aromatic amines is 1. The highest BCUT2D eigenvalue weighted by molar-refractivity contribution is 5.93. The first kappa shape index (κ1) is 17.3. The number of benzene rings is 1. The molecule has 1 amide bonds. The predicted octanol–water partition coefficient (Wildman–Crippen LogP) is 0.952. The number of H-pyrrole nitrogens is 1. The van der Waals surface area contributed by atoms with Crippen LogP contribution in [0, 0.1) is 0 Å². The van der Waals surface area contributed by atoms with Crippen LogP contribution in [0.2, 0.25) is 0 Å². The van der Waals surface area contributed by atoms with Crippen molar-refractivity contribution in [2.24, 2.45) is 0 Å². The zero-order valence-electron chi connectivity index (χ0n) is 14.0. The molecule has 0 fully saturated rings. The van der Waals surface area contributed by atoms with E-state index in [-0.39, 0.29) is 12.1 Å². The Hall–Kier alpha value is -3.48. The summed E-state index contributed by atoms with van der Waals surface area (Å²) in [5.41, 5.74) is 0.315. The van der Waals surface area contributed by atoms with Crippen molar-refractivity contribution in [2.75, 3.05) is 6.54 Å². The number of amides is 1. The van der Waals surface area contributed by atoms with Gasteiger partial charge < -0.3 is 10.3 Å². The van der Waals surface area contributed by atoms with Crippen LogP contribution < -0.4 is 16.6 Å². The van der Waals surface area contributed by atoms with Crippen LogP contribution >= 0.6 is 0 Å². The molecule has 0 spiro atoms. The van der Waals surface area contributed by atoms with E-state index in [0.717, 1.165) is 16.3 Å². The second kappa shape index (κ2) is 8.06. The summed E-state index contributed by atoms with van der Waals surface area (Å²) in [6.45, 7) is 0.391. The molecule has 26 heavy (non-hydrogen) atoms. The Labute approximate surface area is 149 Å². The molecule has 0 aliphatic heterocycles. The zero-order valence-corrected chi connectivity index (χ0v) is 14.0. The molecule has 0 atom stereocenters. The molecular formula is C19H18N4O3. The number of carbonyl (C=O) groups is 1. The first-order valence-corrected chi connectivity index (χ1v) is 8.19. The summed E-state index contributed by atoms with van der Waals surface area (Å²) in [6, 6.07) is 14.9. The third kappa shape index (κ3) is 4.13. The van der Waals surface area contributed by atoms with Gasteiger partial charge in [0.15, 0.2) is 0 Å². The minimum absolute atomic E-state index is 0.000141. The summed E-state index contributed by atoms with van der Waals surface area (Å²) < 4.78 is 0.967. The highest BCUT2D eigenvalue weighted by atomic mass is 16.2. The normalized spacial score (nSPS) is 10.5. The number of hydrogen-bond acceptors (Lipinski definition) is 4. The average Bonchev–Trinajstić information content (AvgIpc) is 2.67. The van der Waals surface area contributed by atoms with Crippen molar-refractivity contribution in [1.82, 2.24) is 19.9 Å². The van der Waals surface area contributed by atoms with Gasteiger partial charge in [-0.05, 0) is 24.1 Å². The van der Waals surface area contributed by atoms with Gasteiger partial charge in [-0.15, -0.1) is 0 Å². The number of rotatable bonds is 6. The molecule has 0 bridgehead atoms. The number of nitrogens with one attached hydrogen (secondary N) is 2. The van der Waals surface area contributed by atoms with Crippen LogP contribution in [0.1, 0.15) is 21.6 Å². The van der Waals surface area contributed by atoms with Crippen LogP contribution in [0.5, 0.6) is 0 Å². The SMILES string of the molecule is O=C(NCCc1ccccc1)c1c[nH]c(=O)n(Cc2ccccn2)c1=O. The highest BCUT2D eigenvalue weighted by Gasteiger charge is 2.14. The van der Waals surface area contributed by atoms with E-state index in [1.807, 2.05) is 30.3 Å². The van der Waals surface area contributed by atoms with Crippen molar-refractivity contribution >= 4 is 5.91 Å². The second-order valence-electron chi connectivity index (χ2n) is 5.71. The molecule has 0 radical (unpaired) electrons. The molecule has 3 aromatic rings. The fourth-order valence-electron chi connectivity index (χ4n) is 2.53. The zero-order chi connectivity index (χ0) is 18.4. The lowest BCUT2D eigenvalue weighted by Crippen LogP contribution is -2.41. The van der Waals surface area contributed by atoms with Crippen molar-refractivity contribution in [3.05, 3.63) is 98.6 Å². The van der Waals surface area contributed by atoms with Gasteiger partial charge in [0, 0.05) is 18.9 Å². The van der Waals surface area contributed by atoms with Crippen LogP contribution in [0.4, 0.5) is 0 Å². The van der Waals surface area contributed by atoms with E-state index in [4.69, 9.17) is 0 Å². The van der Waals surface area contributed by atoms with Gasteiger partial charge in [-0.25, -0.2) is 4.79 Å². The molecule has 0 unspecified atom stereocenters. The molecule has 0 saturated carbocycles. The third-order valence-corrected chi connectivity index (χ3v) is 3.89. The molecule has 2 aromatic heterocycles. The standard InChI is InChI=1S/C19H18N4O3/c24-17(21-11-9-14-6-2-1-3-7-14)16-12-22-19(26)23(18(16)25)13-15-8-4-5-10-20-15/h1-8,10,12H,9,11,13H2,(H,21,24)(H,22,26). The van der Waals surface area contributed by atoms with E-state index in [1.54, 1.807) is 24.4 Å². The number of carbonyl (C=O) groups excluding carboxylic acids is 1. The summed E-state index contributed by atoms with van der Waals surface area (Å²) in [4.78, 5) is 43.3. The summed E-state index contributed by atoms with van der Waals surface area (Å²) in [5, 5.41) is 2.71. The predicted molar refractivity (Wildman–Crippen MR) is 97.1 cm³/mol. The number of nitrogens with zero attached hydrogens (tertiary/aromatic N) is 2. The molecule has 3 rings (SSSR count). The molecule has 0 saturated heterocycles. The van der Waals surface area contributed by atoms with Crippen molar-refractivity contribution < 1.29 is 4.79 Å². The Morgan fingerprint density at radius 2 is 1.85 bits per heavy atom. The number of pyridine rings is 1. The van der Waals surface area contributed by atoms with Gasteiger partial charge in [-0.3, -0.25) is 19.1 Å². The lowest BCUT2D eigenvalue weighted by molar-refractivity contribution is 0.0951. The molecule has 2 N–H and O–H groups in total. The van der Waals surface area contributed by atoms with E-state index < -0.39 is 17.2 Å². The number of hydrogen-bond donors (Lipinski definition) is 2. The minimum atomic E-state index is -0.642. The summed E-state index contributed by atoms with van der Waals surface area (Å²) in [7, 11) is 0. The van der Waals surface area contributed by atoms with Crippen LogP contribution in [-0.4, -0.2) is 27.0 Å². The highest BCUT2D eigenvalue weighted by Crippen LogP contribution is 1.99. The summed E-state index contributed by atoms with van der Waals surface area (Å²) in [5.74, 6) is -0.517. The van der Waals surface area contributed by atoms with Gasteiger partial charge in [-0.2, -0.15) is 0 Å². The van der Waals surface area contributed by atoms with Crippen LogP contribution in [0.3, 0.4) is 0 Å². The maximum absolute atomic E-state index is 12.5. The Morgan fingerprint density at radius 1 is 1.08 bits per heavy atom. The van der Waals surface area contributed by atoms with E-state index in [1.165, 1.54) is 0 Å². The van der Waals surface area contributed by atoms with Gasteiger partial charge in [0.2, 0.25) is 0 Å². The van der Waals surface area contributed by atoms with Gasteiger partial charge in [-0.1, -0.05) is 36.4 Å². The van der Waals surface area contributed by atoms with E-state index >= 15 is 0 Å². The second-order valence-corrected chi connectivity index (χ2v) is 5.71. The smallest absolute Gasteiger partial charge is 0.328 e. The maximum Gasteiger partial charge on any atom is 0.328 e. The molecule has 1 aromatic carbocycles. The first-order valence-electron chi connectivity index (χ1n) is 8.19. The first-order chi connectivity index (χ1) is 12.6. The van der Waals surface area contributed by atoms with Crippen LogP contribution in [0.25, 0.3) is 0 Å². The van der Waals surface area contributed by atoms with Crippen LogP contribution in [0.15, 0.2) is 70.5 Å². The summed E-state index contributed by atoms with van der Waals surface area (Å²) in [6.07, 6.45) is 3.38. The number of aromatic nitrogens is 3. The van der Waals surface area contributed by atoms with Gasteiger partial charge in [0.1, 0.15) is 5.56 Å². The fraction of sp³-hybridized carbons (Fsp3) is 0.158. The average molecular weight is 350 g/mol. The maximum atomic E-state index is 12.5. The van der Waals surface area contributed by atoms with E-state index in [2.05, 4.69) is 15.3 Å². The van der Waals surface area contributed by atoms with Crippen LogP contribution in [-0.2, 0) is 13.0 Å². The van der Waals surface area contributed by atoms with E-state index in [9.17, 15) is 14.4 Å². The van der Waals surface area contributed by atoms with Gasteiger partial charge >= 0.3 is 5.69 Å². The molecule has 2 heterocycles. The van der Waals surface area contributed by atoms with Crippen molar-refractivity contribution in [3.8, 4) is 0 Å². The summed E-state index contributed by atoms with van der Waals surface area (Å²) >= 11 is 0. The Kier molecular flexibility index (Phi) is 5.38. The molecule has 0 aliphatic rings. The Bertz CT molecular complexity index is 995. The third-order valence-electron chi connectivity index (χ3n) is 3.89.